The zero-order valence-corrected chi connectivity index (χ0v) is 17.2. The van der Waals surface area contributed by atoms with Crippen LogP contribution in [-0.4, -0.2) is 21.4 Å². The number of hydrogen-bond donors (Lipinski definition) is 1. The van der Waals surface area contributed by atoms with Crippen LogP contribution in [0.3, 0.4) is 0 Å². The maximum atomic E-state index is 13.1. The standard InChI is InChI=1S/C20H19FN2O3S2/c1-13-10-14(2)12-16(11-13)22-20(24)19-18(8-9-27-19)28(25,26)23(3)17-6-4-15(21)5-7-17/h4-12H,1-3H3,(H,22,24). The number of rotatable bonds is 5. The fourth-order valence-electron chi connectivity index (χ4n) is 2.84. The van der Waals surface area contributed by atoms with Gasteiger partial charge >= 0.3 is 0 Å². The van der Waals surface area contributed by atoms with E-state index in [0.717, 1.165) is 26.8 Å². The molecular formula is C20H19FN2O3S2. The third kappa shape index (κ3) is 4.07. The van der Waals surface area contributed by atoms with Gasteiger partial charge in [0.25, 0.3) is 15.9 Å². The van der Waals surface area contributed by atoms with Crippen molar-refractivity contribution in [3.63, 3.8) is 0 Å². The largest absolute Gasteiger partial charge is 0.321 e. The molecule has 0 fully saturated rings. The Hall–Kier alpha value is -2.71. The molecule has 0 spiro atoms. The van der Waals surface area contributed by atoms with E-state index in [9.17, 15) is 17.6 Å². The summed E-state index contributed by atoms with van der Waals surface area (Å²) in [5.41, 5.74) is 2.88. The average molecular weight is 419 g/mol. The highest BCUT2D eigenvalue weighted by Gasteiger charge is 2.28. The van der Waals surface area contributed by atoms with Crippen LogP contribution in [0.2, 0.25) is 0 Å². The van der Waals surface area contributed by atoms with Crippen molar-refractivity contribution in [2.24, 2.45) is 0 Å². The van der Waals surface area contributed by atoms with Gasteiger partial charge in [0.2, 0.25) is 0 Å². The first-order chi connectivity index (χ1) is 13.2. The summed E-state index contributed by atoms with van der Waals surface area (Å²) in [5, 5.41) is 4.32. The van der Waals surface area contributed by atoms with E-state index < -0.39 is 21.7 Å². The molecule has 0 aliphatic heterocycles. The SMILES string of the molecule is Cc1cc(C)cc(NC(=O)c2sccc2S(=O)(=O)N(C)c2ccc(F)cc2)c1. The minimum Gasteiger partial charge on any atom is -0.321 e. The molecule has 3 aromatic rings. The normalized spacial score (nSPS) is 11.3. The molecule has 28 heavy (non-hydrogen) atoms. The van der Waals surface area contributed by atoms with Gasteiger partial charge in [-0.2, -0.15) is 0 Å². The molecule has 5 nitrogen and oxygen atoms in total. The zero-order valence-electron chi connectivity index (χ0n) is 15.6. The summed E-state index contributed by atoms with van der Waals surface area (Å²) in [6, 6.07) is 12.1. The maximum absolute atomic E-state index is 13.1. The molecule has 0 unspecified atom stereocenters. The molecular weight excluding hydrogens is 399 g/mol. The predicted molar refractivity (Wildman–Crippen MR) is 110 cm³/mol. The Kier molecular flexibility index (Phi) is 5.53. The van der Waals surface area contributed by atoms with Gasteiger partial charge in [0, 0.05) is 12.7 Å². The van der Waals surface area contributed by atoms with Crippen LogP contribution in [-0.2, 0) is 10.0 Å². The number of amides is 1. The number of halogens is 1. The Labute approximate surface area is 167 Å². The van der Waals surface area contributed by atoms with Crippen LogP contribution in [0.4, 0.5) is 15.8 Å². The molecule has 0 saturated carbocycles. The van der Waals surface area contributed by atoms with E-state index in [2.05, 4.69) is 5.32 Å². The van der Waals surface area contributed by atoms with Crippen molar-refractivity contribution in [2.75, 3.05) is 16.7 Å². The van der Waals surface area contributed by atoms with Crippen molar-refractivity contribution in [1.82, 2.24) is 0 Å². The molecule has 1 heterocycles. The minimum atomic E-state index is -3.99. The van der Waals surface area contributed by atoms with Crippen molar-refractivity contribution in [3.8, 4) is 0 Å². The van der Waals surface area contributed by atoms with E-state index in [1.54, 1.807) is 5.38 Å². The van der Waals surface area contributed by atoms with Crippen molar-refractivity contribution >= 4 is 38.6 Å². The summed E-state index contributed by atoms with van der Waals surface area (Å²) in [6.07, 6.45) is 0. The third-order valence-corrected chi connectivity index (χ3v) is 7.01. The van der Waals surface area contributed by atoms with Gasteiger partial charge in [0.1, 0.15) is 15.6 Å². The zero-order chi connectivity index (χ0) is 20.5. The number of thiophene rings is 1. The molecule has 3 rings (SSSR count). The molecule has 146 valence electrons. The molecule has 0 radical (unpaired) electrons. The highest BCUT2D eigenvalue weighted by molar-refractivity contribution is 7.93. The van der Waals surface area contributed by atoms with E-state index >= 15 is 0 Å². The summed E-state index contributed by atoms with van der Waals surface area (Å²) in [7, 11) is -2.62. The first kappa shape index (κ1) is 20.0. The number of nitrogens with zero attached hydrogens (tertiary/aromatic N) is 1. The molecule has 1 aromatic heterocycles. The smallest absolute Gasteiger partial charge is 0.267 e. The maximum Gasteiger partial charge on any atom is 0.267 e. The van der Waals surface area contributed by atoms with Gasteiger partial charge in [0.15, 0.2) is 0 Å². The van der Waals surface area contributed by atoms with Gasteiger partial charge < -0.3 is 5.32 Å². The Morgan fingerprint density at radius 2 is 1.64 bits per heavy atom. The molecule has 8 heteroatoms. The van der Waals surface area contributed by atoms with E-state index in [1.165, 1.54) is 37.4 Å². The van der Waals surface area contributed by atoms with Crippen LogP contribution < -0.4 is 9.62 Å². The van der Waals surface area contributed by atoms with Crippen molar-refractivity contribution < 1.29 is 17.6 Å². The number of benzene rings is 2. The quantitative estimate of drug-likeness (QED) is 0.659. The van der Waals surface area contributed by atoms with Gasteiger partial charge in [-0.25, -0.2) is 12.8 Å². The van der Waals surface area contributed by atoms with Gasteiger partial charge in [-0.05, 0) is 72.8 Å². The van der Waals surface area contributed by atoms with Gasteiger partial charge in [0.05, 0.1) is 5.69 Å². The molecule has 0 aliphatic rings. The summed E-state index contributed by atoms with van der Waals surface area (Å²) in [4.78, 5) is 12.7. The van der Waals surface area contributed by atoms with Gasteiger partial charge in [-0.3, -0.25) is 9.10 Å². The molecule has 0 aliphatic carbocycles. The summed E-state index contributed by atoms with van der Waals surface area (Å²) in [5.74, 6) is -0.954. The van der Waals surface area contributed by atoms with Crippen LogP contribution in [0.15, 0.2) is 58.8 Å². The van der Waals surface area contributed by atoms with Crippen molar-refractivity contribution in [2.45, 2.75) is 18.7 Å². The number of sulfonamides is 1. The molecule has 1 amide bonds. The lowest BCUT2D eigenvalue weighted by atomic mass is 10.1. The number of anilines is 2. The van der Waals surface area contributed by atoms with Crippen molar-refractivity contribution in [3.05, 3.63) is 75.7 Å². The minimum absolute atomic E-state index is 0.0909. The molecule has 2 aromatic carbocycles. The highest BCUT2D eigenvalue weighted by atomic mass is 32.2. The predicted octanol–water partition coefficient (Wildman–Crippen LogP) is 4.58. The average Bonchev–Trinajstić information content (AvgIpc) is 3.11. The molecule has 1 N–H and O–H groups in total. The number of carbonyl (C=O) groups is 1. The Bertz CT molecular complexity index is 1100. The first-order valence-corrected chi connectivity index (χ1v) is 10.7. The molecule has 0 saturated heterocycles. The summed E-state index contributed by atoms with van der Waals surface area (Å²) >= 11 is 1.05. The van der Waals surface area contributed by atoms with Crippen LogP contribution >= 0.6 is 11.3 Å². The lowest BCUT2D eigenvalue weighted by molar-refractivity contribution is 0.102. The van der Waals surface area contributed by atoms with E-state index in [1.807, 2.05) is 32.0 Å². The molecule has 0 atom stereocenters. The Balaban J connectivity index is 1.91. The Morgan fingerprint density at radius 3 is 2.25 bits per heavy atom. The second-order valence-electron chi connectivity index (χ2n) is 6.39. The number of aryl methyl sites for hydroxylation is 2. The van der Waals surface area contributed by atoms with E-state index in [4.69, 9.17) is 0 Å². The summed E-state index contributed by atoms with van der Waals surface area (Å²) < 4.78 is 40.2. The van der Waals surface area contributed by atoms with Crippen LogP contribution in [0.1, 0.15) is 20.8 Å². The lowest BCUT2D eigenvalue weighted by Gasteiger charge is -2.19. The first-order valence-electron chi connectivity index (χ1n) is 8.40. The monoisotopic (exact) mass is 418 g/mol. The van der Waals surface area contributed by atoms with E-state index in [0.29, 0.717) is 11.4 Å². The van der Waals surface area contributed by atoms with Crippen molar-refractivity contribution in [1.29, 1.82) is 0 Å². The van der Waals surface area contributed by atoms with Gasteiger partial charge in [-0.15, -0.1) is 11.3 Å². The second kappa shape index (κ2) is 7.73. The summed E-state index contributed by atoms with van der Waals surface area (Å²) in [6.45, 7) is 3.84. The van der Waals surface area contributed by atoms with E-state index in [-0.39, 0.29) is 9.77 Å². The van der Waals surface area contributed by atoms with Crippen LogP contribution in [0, 0.1) is 19.7 Å². The number of hydrogen-bond acceptors (Lipinski definition) is 4. The van der Waals surface area contributed by atoms with Crippen LogP contribution in [0.25, 0.3) is 0 Å². The number of nitrogens with one attached hydrogen (secondary N) is 1. The van der Waals surface area contributed by atoms with Gasteiger partial charge in [-0.1, -0.05) is 6.07 Å². The Morgan fingerprint density at radius 1 is 1.04 bits per heavy atom. The fourth-order valence-corrected chi connectivity index (χ4v) is 5.33. The molecule has 0 bridgehead atoms. The third-order valence-electron chi connectivity index (χ3n) is 4.14. The second-order valence-corrected chi connectivity index (χ2v) is 9.25. The fraction of sp³-hybridized carbons (Fsp3) is 0.150. The topological polar surface area (TPSA) is 66.5 Å². The number of carbonyl (C=O) groups excluding carboxylic acids is 1. The highest BCUT2D eigenvalue weighted by Crippen LogP contribution is 2.29. The lowest BCUT2D eigenvalue weighted by Crippen LogP contribution is -2.28. The van der Waals surface area contributed by atoms with Crippen LogP contribution in [0.5, 0.6) is 0 Å².